The molecule has 82 heavy (non-hydrogen) atoms. The van der Waals surface area contributed by atoms with Crippen molar-refractivity contribution >= 4 is 22.3 Å². The number of aliphatic hydroxyl groups is 9. The van der Waals surface area contributed by atoms with E-state index in [0.29, 0.717) is 51.4 Å². The number of carbonyl (C=O) groups is 2. The van der Waals surface area contributed by atoms with Crippen molar-refractivity contribution in [2.75, 3.05) is 33.5 Å². The highest BCUT2D eigenvalue weighted by molar-refractivity contribution is 7.80. The first-order valence-corrected chi connectivity index (χ1v) is 30.2. The second kappa shape index (κ2) is 23.9. The van der Waals surface area contributed by atoms with Crippen LogP contribution in [-0.4, -0.2) is 227 Å². The van der Waals surface area contributed by atoms with Crippen molar-refractivity contribution < 1.29 is 120 Å². The lowest BCUT2D eigenvalue weighted by Crippen LogP contribution is -2.66. The minimum absolute atomic E-state index is 0.0282. The summed E-state index contributed by atoms with van der Waals surface area (Å²) >= 11 is 0. The van der Waals surface area contributed by atoms with E-state index in [1.54, 1.807) is 0 Å². The average Bonchev–Trinajstić information content (AvgIpc) is 1.53. The third kappa shape index (κ3) is 11.2. The Labute approximate surface area is 478 Å². The highest BCUT2D eigenvalue weighted by Crippen LogP contribution is 2.77. The number of esters is 2. The molecule has 1 spiro atoms. The fourth-order valence-corrected chi connectivity index (χ4v) is 17.3. The van der Waals surface area contributed by atoms with Crippen LogP contribution in [0.4, 0.5) is 0 Å². The van der Waals surface area contributed by atoms with Crippen molar-refractivity contribution in [3.8, 4) is 0 Å². The van der Waals surface area contributed by atoms with Gasteiger partial charge in [-0.3, -0.25) is 14.1 Å². The zero-order valence-corrected chi connectivity index (χ0v) is 48.9. The summed E-state index contributed by atoms with van der Waals surface area (Å²) in [5, 5.41) is 99.6. The molecule has 25 nitrogen and oxygen atoms in total. The Morgan fingerprint density at radius 2 is 1.44 bits per heavy atom. The van der Waals surface area contributed by atoms with Gasteiger partial charge in [0.1, 0.15) is 85.0 Å². The highest BCUT2D eigenvalue weighted by atomic mass is 32.3. The second-order valence-corrected chi connectivity index (χ2v) is 27.2. The molecule has 4 heterocycles. The lowest BCUT2D eigenvalue weighted by molar-refractivity contribution is -0.380. The van der Waals surface area contributed by atoms with Gasteiger partial charge >= 0.3 is 22.3 Å². The normalized spacial score (nSPS) is 49.1. The van der Waals surface area contributed by atoms with E-state index in [-0.39, 0.29) is 35.6 Å². The summed E-state index contributed by atoms with van der Waals surface area (Å²) < 4.78 is 98.9. The van der Waals surface area contributed by atoms with Gasteiger partial charge in [0.25, 0.3) is 0 Å². The van der Waals surface area contributed by atoms with E-state index in [4.69, 9.17) is 51.6 Å². The number of methoxy groups -OCH3 is 1. The SMILES string of the molecule is COC1C(O)[C@H](OC2C(O)[C@H](O[C@@H]3C(CO)O[C@@H](OC4C(O)[C@H](OS(=O)(=O)O)CO[C@H]4O[C@H]4CC[C@]5(C)[C@@H]6CCC78C(=O)O[C@@](C)(CCC=C(C)C)[C@H]7C(OC(C)=O)C[C@@]8(C)C6=CC[C@H]5C4(C)C)C(O)C3O)OC[C@H]2O)CC(CO)[C@H]1O. The van der Waals surface area contributed by atoms with Crippen LogP contribution >= 0.6 is 0 Å². The lowest BCUT2D eigenvalue weighted by atomic mass is 9.41. The Balaban J connectivity index is 0.918. The van der Waals surface area contributed by atoms with Crippen LogP contribution in [0, 0.1) is 45.3 Å². The fraction of sp³-hybridized carbons (Fsp3) is 0.893. The van der Waals surface area contributed by atoms with Crippen LogP contribution in [0.1, 0.15) is 113 Å². The molecule has 5 aliphatic carbocycles. The summed E-state index contributed by atoms with van der Waals surface area (Å²) in [4.78, 5) is 27.4. The smallest absolute Gasteiger partial charge is 0.397 e. The fourth-order valence-electron chi connectivity index (χ4n) is 16.8. The summed E-state index contributed by atoms with van der Waals surface area (Å²) in [6.45, 7) is 13.5. The number of fused-ring (bicyclic) bond motifs is 4. The number of rotatable bonds is 17. The van der Waals surface area contributed by atoms with Gasteiger partial charge in [0.15, 0.2) is 18.9 Å². The third-order valence-electron chi connectivity index (χ3n) is 20.7. The third-order valence-corrected chi connectivity index (χ3v) is 21.2. The van der Waals surface area contributed by atoms with Gasteiger partial charge in [-0.25, -0.2) is 4.18 Å². The molecule has 4 saturated heterocycles. The van der Waals surface area contributed by atoms with E-state index >= 15 is 0 Å². The molecule has 0 amide bonds. The molecule has 0 bridgehead atoms. The van der Waals surface area contributed by atoms with E-state index in [1.807, 2.05) is 20.8 Å². The van der Waals surface area contributed by atoms with Crippen LogP contribution in [0.2, 0.25) is 0 Å². The standard InChI is InChI=1S/C56H88O25S/c1-25(2)11-10-16-55(8)47-32(74-26(3)59)20-54(7)29-12-13-35-52(4,5)36(15-17-53(35,6)28(29)14-18-56(47,54)51(67)80-55)77-50-46(39(63)34(24-73-50)81-82(68,69)70)79-49-41(65)40(64)44(33(22-58)76-49)78-48-42(66)43(30(60)23-72-48)75-31-19-27(21-57)37(61)45(71-9)38(31)62/h11-12,27-28,30-50,57-58,60-66H,10,13-24H2,1-9H3,(H,68,69,70)/t27?,28-,30-,31-,32?,33?,34-,35+,36+,37-,38?,39?,40?,41?,42?,43?,44-,45?,46?,47-,48+,49+,50+,53-,54+,55+,56?/m1/s1. The van der Waals surface area contributed by atoms with Gasteiger partial charge in [0, 0.05) is 32.0 Å². The Morgan fingerprint density at radius 1 is 0.756 bits per heavy atom. The van der Waals surface area contributed by atoms with Crippen LogP contribution in [0.3, 0.4) is 0 Å². The van der Waals surface area contributed by atoms with E-state index < -0.39 is 187 Å². The molecule has 0 aromatic rings. The van der Waals surface area contributed by atoms with E-state index in [9.17, 15) is 68.5 Å². The number of hydrogen-bond donors (Lipinski definition) is 10. The molecular weight excluding hydrogens is 1100 g/mol. The first-order chi connectivity index (χ1) is 38.4. The van der Waals surface area contributed by atoms with Crippen molar-refractivity contribution in [2.45, 2.75) is 235 Å². The monoisotopic (exact) mass is 1190 g/mol. The van der Waals surface area contributed by atoms with Gasteiger partial charge in [-0.05, 0) is 101 Å². The van der Waals surface area contributed by atoms with E-state index in [2.05, 4.69) is 39.8 Å². The molecule has 10 N–H and O–H groups in total. The molecule has 9 rings (SSSR count). The van der Waals surface area contributed by atoms with E-state index in [0.717, 1.165) is 5.57 Å². The summed E-state index contributed by atoms with van der Waals surface area (Å²) in [7, 11) is -3.94. The predicted molar refractivity (Wildman–Crippen MR) is 280 cm³/mol. The van der Waals surface area contributed by atoms with Crippen LogP contribution in [-0.2, 0) is 71.5 Å². The zero-order valence-electron chi connectivity index (χ0n) is 48.1. The first-order valence-electron chi connectivity index (χ1n) is 28.8. The molecule has 9 aliphatic rings. The van der Waals surface area contributed by atoms with Crippen molar-refractivity contribution in [3.63, 3.8) is 0 Å². The largest absolute Gasteiger partial charge is 0.462 e. The van der Waals surface area contributed by atoms with Crippen molar-refractivity contribution in [1.82, 2.24) is 0 Å². The number of ether oxygens (including phenoxy) is 10. The van der Waals surface area contributed by atoms with Crippen LogP contribution in [0.25, 0.3) is 0 Å². The molecule has 0 aromatic heterocycles. The Kier molecular flexibility index (Phi) is 18.7. The van der Waals surface area contributed by atoms with Crippen LogP contribution in [0.15, 0.2) is 23.3 Å². The number of cyclic esters (lactones) is 1. The number of allylic oxidation sites excluding steroid dienone is 4. The molecular formula is C56H88O25S. The molecule has 4 saturated carbocycles. The lowest BCUT2D eigenvalue weighted by Gasteiger charge is -2.64. The Bertz CT molecular complexity index is 2470. The number of hydrogen-bond acceptors (Lipinski definition) is 24. The van der Waals surface area contributed by atoms with Crippen molar-refractivity contribution in [3.05, 3.63) is 23.3 Å². The summed E-state index contributed by atoms with van der Waals surface area (Å²) in [6, 6.07) is 0. The minimum atomic E-state index is -5.19. The van der Waals surface area contributed by atoms with Crippen molar-refractivity contribution in [1.29, 1.82) is 0 Å². The molecule has 4 aliphatic heterocycles. The Hall–Kier alpha value is -2.39. The first kappa shape index (κ1) is 64.1. The molecule has 12 unspecified atom stereocenters. The molecule has 468 valence electrons. The molecule has 27 atom stereocenters. The maximum Gasteiger partial charge on any atom is 0.397 e. The van der Waals surface area contributed by atoms with Crippen molar-refractivity contribution in [2.24, 2.45) is 45.3 Å². The van der Waals surface area contributed by atoms with Gasteiger partial charge in [-0.15, -0.1) is 0 Å². The minimum Gasteiger partial charge on any atom is -0.462 e. The molecule has 0 radical (unpaired) electrons. The maximum absolute atomic E-state index is 14.7. The van der Waals surface area contributed by atoms with Gasteiger partial charge in [-0.2, -0.15) is 8.42 Å². The predicted octanol–water partition coefficient (Wildman–Crippen LogP) is 0.256. The molecule has 26 heteroatoms. The zero-order chi connectivity index (χ0) is 60.0. The number of carbonyl (C=O) groups excluding carboxylic acids is 2. The van der Waals surface area contributed by atoms with Gasteiger partial charge in [0.2, 0.25) is 0 Å². The summed E-state index contributed by atoms with van der Waals surface area (Å²) in [6.07, 6.45) is -20.1. The molecule has 0 aromatic carbocycles. The number of aliphatic hydroxyl groups excluding tert-OH is 9. The van der Waals surface area contributed by atoms with Gasteiger partial charge < -0.3 is 93.3 Å². The second-order valence-electron chi connectivity index (χ2n) is 26.1. The molecule has 8 fully saturated rings. The summed E-state index contributed by atoms with van der Waals surface area (Å²) in [5.41, 5.74) is -1.12. The van der Waals surface area contributed by atoms with Gasteiger partial charge in [0.05, 0.1) is 49.5 Å². The summed E-state index contributed by atoms with van der Waals surface area (Å²) in [5.74, 6) is -1.82. The van der Waals surface area contributed by atoms with Crippen LogP contribution < -0.4 is 0 Å². The highest BCUT2D eigenvalue weighted by Gasteiger charge is 2.79. The van der Waals surface area contributed by atoms with Crippen LogP contribution in [0.5, 0.6) is 0 Å². The Morgan fingerprint density at radius 3 is 2.09 bits per heavy atom. The quantitative estimate of drug-likeness (QED) is 0.0530. The average molecular weight is 1190 g/mol. The topological polar surface area (TPSA) is 372 Å². The van der Waals surface area contributed by atoms with E-state index in [1.165, 1.54) is 19.6 Å². The maximum atomic E-state index is 14.7. The van der Waals surface area contributed by atoms with Gasteiger partial charge in [-0.1, -0.05) is 51.0 Å².